The van der Waals surface area contributed by atoms with E-state index in [-0.39, 0.29) is 17.7 Å². The van der Waals surface area contributed by atoms with E-state index in [1.807, 2.05) is 0 Å². The molecule has 150 valence electrons. The lowest BCUT2D eigenvalue weighted by atomic mass is 10.1. The molecule has 1 saturated heterocycles. The molecule has 0 saturated carbocycles. The summed E-state index contributed by atoms with van der Waals surface area (Å²) in [7, 11) is 0. The maximum Gasteiger partial charge on any atom is 0.269 e. The van der Waals surface area contributed by atoms with Crippen LogP contribution in [0.1, 0.15) is 28.8 Å². The number of non-ortho nitro benzene ring substituents is 1. The molecule has 2 N–H and O–H groups in total. The fourth-order valence-corrected chi connectivity index (χ4v) is 2.95. The van der Waals surface area contributed by atoms with Crippen molar-refractivity contribution in [3.63, 3.8) is 0 Å². The van der Waals surface area contributed by atoms with Crippen LogP contribution in [0.3, 0.4) is 0 Å². The highest BCUT2D eigenvalue weighted by molar-refractivity contribution is 6.07. The smallest absolute Gasteiger partial charge is 0.269 e. The van der Waals surface area contributed by atoms with E-state index < -0.39 is 10.8 Å². The van der Waals surface area contributed by atoms with Crippen molar-refractivity contribution in [2.75, 3.05) is 18.5 Å². The molecule has 0 spiro atoms. The number of hydrogen-bond acceptors (Lipinski definition) is 5. The van der Waals surface area contributed by atoms with E-state index in [1.165, 1.54) is 18.2 Å². The highest BCUT2D eigenvalue weighted by atomic mass is 16.6. The predicted octanol–water partition coefficient (Wildman–Crippen LogP) is 3.16. The normalized spacial score (nSPS) is 15.9. The molecule has 1 aliphatic rings. The van der Waals surface area contributed by atoms with E-state index in [4.69, 9.17) is 4.74 Å². The van der Waals surface area contributed by atoms with Gasteiger partial charge in [0.25, 0.3) is 11.6 Å². The van der Waals surface area contributed by atoms with Crippen LogP contribution in [0.25, 0.3) is 6.08 Å². The van der Waals surface area contributed by atoms with Gasteiger partial charge in [0.2, 0.25) is 5.91 Å². The van der Waals surface area contributed by atoms with E-state index >= 15 is 0 Å². The first-order valence-electron chi connectivity index (χ1n) is 9.25. The molecule has 0 radical (unpaired) electrons. The van der Waals surface area contributed by atoms with Crippen molar-refractivity contribution in [1.82, 2.24) is 5.32 Å². The molecule has 2 amide bonds. The number of carbonyl (C=O) groups is 2. The fourth-order valence-electron chi connectivity index (χ4n) is 2.95. The quantitative estimate of drug-likeness (QED) is 0.425. The third kappa shape index (κ3) is 5.73. The van der Waals surface area contributed by atoms with Crippen molar-refractivity contribution < 1.29 is 19.2 Å². The number of nitro groups is 1. The number of carbonyl (C=O) groups excluding carboxylic acids is 2. The average Bonchev–Trinajstić information content (AvgIpc) is 3.25. The van der Waals surface area contributed by atoms with Crippen molar-refractivity contribution in [3.05, 3.63) is 75.8 Å². The summed E-state index contributed by atoms with van der Waals surface area (Å²) in [4.78, 5) is 34.9. The molecule has 3 rings (SSSR count). The molecular weight excluding hydrogens is 374 g/mol. The minimum absolute atomic E-state index is 0.0189. The molecule has 1 fully saturated rings. The number of hydrogen-bond donors (Lipinski definition) is 2. The van der Waals surface area contributed by atoms with Crippen molar-refractivity contribution >= 4 is 29.3 Å². The van der Waals surface area contributed by atoms with Gasteiger partial charge in [-0.25, -0.2) is 0 Å². The molecule has 1 heterocycles. The molecule has 0 aliphatic carbocycles. The van der Waals surface area contributed by atoms with Crippen LogP contribution < -0.4 is 10.6 Å². The number of amides is 2. The lowest BCUT2D eigenvalue weighted by Gasteiger charge is -2.13. The highest BCUT2D eigenvalue weighted by Crippen LogP contribution is 2.17. The molecule has 2 aromatic carbocycles. The average molecular weight is 395 g/mol. The van der Waals surface area contributed by atoms with Crippen LogP contribution in [-0.4, -0.2) is 36.0 Å². The highest BCUT2D eigenvalue weighted by Gasteiger charge is 2.18. The first kappa shape index (κ1) is 20.2. The zero-order valence-corrected chi connectivity index (χ0v) is 15.7. The predicted molar refractivity (Wildman–Crippen MR) is 109 cm³/mol. The Balaban J connectivity index is 1.61. The SMILES string of the molecule is O=C(/C=C/c1ccc([N+](=O)[O-])cc1)Nc1ccccc1C(=O)NC[C@H]1CCCO1. The van der Waals surface area contributed by atoms with Gasteiger partial charge < -0.3 is 15.4 Å². The minimum atomic E-state index is -0.485. The number of rotatable bonds is 7. The standard InChI is InChI=1S/C21H21N3O5/c25-20(12-9-15-7-10-16(11-8-15)24(27)28)23-19-6-2-1-5-18(19)21(26)22-14-17-4-3-13-29-17/h1-2,5-12,17H,3-4,13-14H2,(H,22,26)(H,23,25)/b12-9+/t17-/m1/s1. The first-order chi connectivity index (χ1) is 14.0. The maximum atomic E-state index is 12.5. The van der Waals surface area contributed by atoms with E-state index in [0.717, 1.165) is 12.8 Å². The second-order valence-corrected chi connectivity index (χ2v) is 6.56. The fraction of sp³-hybridized carbons (Fsp3) is 0.238. The lowest BCUT2D eigenvalue weighted by molar-refractivity contribution is -0.384. The molecule has 8 nitrogen and oxygen atoms in total. The van der Waals surface area contributed by atoms with Gasteiger partial charge in [0.15, 0.2) is 0 Å². The second-order valence-electron chi connectivity index (χ2n) is 6.56. The number of nitrogens with one attached hydrogen (secondary N) is 2. The van der Waals surface area contributed by atoms with Gasteiger partial charge in [-0.3, -0.25) is 19.7 Å². The van der Waals surface area contributed by atoms with Crippen LogP contribution in [0.2, 0.25) is 0 Å². The summed E-state index contributed by atoms with van der Waals surface area (Å²) < 4.78 is 5.50. The van der Waals surface area contributed by atoms with Crippen molar-refractivity contribution in [3.8, 4) is 0 Å². The molecule has 0 unspecified atom stereocenters. The monoisotopic (exact) mass is 395 g/mol. The van der Waals surface area contributed by atoms with Gasteiger partial charge in [0.05, 0.1) is 22.3 Å². The second kappa shape index (κ2) is 9.61. The molecule has 29 heavy (non-hydrogen) atoms. The van der Waals surface area contributed by atoms with Gasteiger partial charge in [-0.15, -0.1) is 0 Å². The minimum Gasteiger partial charge on any atom is -0.376 e. The molecule has 0 aromatic heterocycles. The third-order valence-corrected chi connectivity index (χ3v) is 4.47. The Hall–Kier alpha value is -3.52. The Morgan fingerprint density at radius 1 is 1.17 bits per heavy atom. The maximum absolute atomic E-state index is 12.5. The van der Waals surface area contributed by atoms with E-state index in [0.29, 0.717) is 30.0 Å². The Bertz CT molecular complexity index is 918. The van der Waals surface area contributed by atoms with Gasteiger partial charge in [0, 0.05) is 31.4 Å². The van der Waals surface area contributed by atoms with Gasteiger partial charge in [-0.1, -0.05) is 12.1 Å². The lowest BCUT2D eigenvalue weighted by Crippen LogP contribution is -2.32. The largest absolute Gasteiger partial charge is 0.376 e. The third-order valence-electron chi connectivity index (χ3n) is 4.47. The number of para-hydroxylation sites is 1. The Morgan fingerprint density at radius 2 is 1.93 bits per heavy atom. The summed E-state index contributed by atoms with van der Waals surface area (Å²) in [5.74, 6) is -0.696. The van der Waals surface area contributed by atoms with Gasteiger partial charge in [0.1, 0.15) is 0 Å². The van der Waals surface area contributed by atoms with Crippen molar-refractivity contribution in [2.24, 2.45) is 0 Å². The van der Waals surface area contributed by atoms with Crippen molar-refractivity contribution in [1.29, 1.82) is 0 Å². The van der Waals surface area contributed by atoms with Crippen LogP contribution in [-0.2, 0) is 9.53 Å². The first-order valence-corrected chi connectivity index (χ1v) is 9.25. The number of anilines is 1. The van der Waals surface area contributed by atoms with E-state index in [9.17, 15) is 19.7 Å². The Morgan fingerprint density at radius 3 is 2.62 bits per heavy atom. The van der Waals surface area contributed by atoms with Gasteiger partial charge >= 0.3 is 0 Å². The molecule has 1 atom stereocenters. The van der Waals surface area contributed by atoms with E-state index in [2.05, 4.69) is 10.6 Å². The summed E-state index contributed by atoms with van der Waals surface area (Å²) in [5, 5.41) is 16.2. The Kier molecular flexibility index (Phi) is 6.70. The molecule has 1 aliphatic heterocycles. The van der Waals surface area contributed by atoms with Crippen LogP contribution >= 0.6 is 0 Å². The topological polar surface area (TPSA) is 111 Å². The summed E-state index contributed by atoms with van der Waals surface area (Å²) in [6, 6.07) is 12.6. The van der Waals surface area contributed by atoms with Crippen molar-refractivity contribution in [2.45, 2.75) is 18.9 Å². The molecule has 0 bridgehead atoms. The summed E-state index contributed by atoms with van der Waals surface area (Å²) in [5.41, 5.74) is 1.39. The Labute approximate surface area is 167 Å². The van der Waals surface area contributed by atoms with E-state index in [1.54, 1.807) is 42.5 Å². The summed E-state index contributed by atoms with van der Waals surface area (Å²) >= 11 is 0. The number of benzene rings is 2. The van der Waals surface area contributed by atoms with Gasteiger partial charge in [-0.2, -0.15) is 0 Å². The zero-order chi connectivity index (χ0) is 20.6. The number of nitrogens with zero attached hydrogens (tertiary/aromatic N) is 1. The molecular formula is C21H21N3O5. The van der Waals surface area contributed by atoms with Crippen LogP contribution in [0.15, 0.2) is 54.6 Å². The zero-order valence-electron chi connectivity index (χ0n) is 15.7. The number of nitro benzene ring substituents is 1. The number of ether oxygens (including phenoxy) is 1. The summed E-state index contributed by atoms with van der Waals surface area (Å²) in [6.07, 6.45) is 4.80. The van der Waals surface area contributed by atoms with Gasteiger partial charge in [-0.05, 0) is 48.7 Å². The van der Waals surface area contributed by atoms with Crippen LogP contribution in [0.4, 0.5) is 11.4 Å². The summed E-state index contributed by atoms with van der Waals surface area (Å²) in [6.45, 7) is 1.15. The molecule has 2 aromatic rings. The van der Waals surface area contributed by atoms with Crippen LogP contribution in [0, 0.1) is 10.1 Å². The molecule has 8 heteroatoms. The van der Waals surface area contributed by atoms with Crippen LogP contribution in [0.5, 0.6) is 0 Å².